The molecule has 2 aromatic rings. The van der Waals surface area contributed by atoms with Crippen molar-refractivity contribution in [2.45, 2.75) is 26.8 Å². The van der Waals surface area contributed by atoms with Gasteiger partial charge in [0.05, 0.1) is 6.04 Å². The third-order valence-electron chi connectivity index (χ3n) is 2.72. The highest BCUT2D eigenvalue weighted by Gasteiger charge is 2.27. The van der Waals surface area contributed by atoms with E-state index in [2.05, 4.69) is 10.1 Å². The smallest absolute Gasteiger partial charge is 0.244 e. The average Bonchev–Trinajstić information content (AvgIpc) is 2.75. The van der Waals surface area contributed by atoms with Crippen LogP contribution in [0.1, 0.15) is 32.7 Å². The van der Waals surface area contributed by atoms with Crippen molar-refractivity contribution >= 4 is 0 Å². The molecule has 0 aliphatic heterocycles. The molecule has 0 saturated heterocycles. The van der Waals surface area contributed by atoms with Crippen LogP contribution in [0, 0.1) is 11.2 Å². The van der Waals surface area contributed by atoms with E-state index in [1.54, 1.807) is 12.1 Å². The maximum absolute atomic E-state index is 13.1. The highest BCUT2D eigenvalue weighted by atomic mass is 19.1. The predicted octanol–water partition coefficient (Wildman–Crippen LogP) is 2.92. The monoisotopic (exact) mass is 249 g/mol. The summed E-state index contributed by atoms with van der Waals surface area (Å²) in [5.74, 6) is 0.380. The van der Waals surface area contributed by atoms with E-state index >= 15 is 0 Å². The van der Waals surface area contributed by atoms with Crippen LogP contribution in [0.15, 0.2) is 28.8 Å². The fourth-order valence-corrected chi connectivity index (χ4v) is 1.48. The van der Waals surface area contributed by atoms with Gasteiger partial charge in [-0.1, -0.05) is 38.1 Å². The maximum Gasteiger partial charge on any atom is 0.244 e. The average molecular weight is 249 g/mol. The van der Waals surface area contributed by atoms with Gasteiger partial charge in [-0.3, -0.25) is 0 Å². The number of benzene rings is 1. The number of rotatable bonds is 2. The Labute approximate surface area is 105 Å². The van der Waals surface area contributed by atoms with Gasteiger partial charge in [0, 0.05) is 5.56 Å². The first-order valence-electron chi connectivity index (χ1n) is 5.73. The maximum atomic E-state index is 13.1. The Bertz CT molecular complexity index is 545. The molecule has 1 atom stereocenters. The SMILES string of the molecule is CC(C)(C)C(N)c1nc(-c2cccc(F)c2)no1. The zero-order chi connectivity index (χ0) is 13.3. The van der Waals surface area contributed by atoms with Gasteiger partial charge in [-0.15, -0.1) is 0 Å². The Morgan fingerprint density at radius 1 is 1.33 bits per heavy atom. The number of nitrogens with two attached hydrogens (primary N) is 1. The van der Waals surface area contributed by atoms with Crippen molar-refractivity contribution in [1.82, 2.24) is 10.1 Å². The molecular formula is C13H16FN3O. The summed E-state index contributed by atoms with van der Waals surface area (Å²) in [4.78, 5) is 4.22. The standard InChI is InChI=1S/C13H16FN3O/c1-13(2,3)10(15)12-16-11(17-18-12)8-5-4-6-9(14)7-8/h4-7,10H,15H2,1-3H3. The molecule has 1 aromatic heterocycles. The lowest BCUT2D eigenvalue weighted by atomic mass is 9.87. The summed E-state index contributed by atoms with van der Waals surface area (Å²) in [5, 5.41) is 3.83. The van der Waals surface area contributed by atoms with E-state index in [9.17, 15) is 4.39 Å². The van der Waals surface area contributed by atoms with Crippen molar-refractivity contribution in [2.75, 3.05) is 0 Å². The minimum atomic E-state index is -0.354. The van der Waals surface area contributed by atoms with E-state index in [1.807, 2.05) is 20.8 Å². The second-order valence-electron chi connectivity index (χ2n) is 5.31. The van der Waals surface area contributed by atoms with Gasteiger partial charge >= 0.3 is 0 Å². The molecule has 1 unspecified atom stereocenters. The van der Waals surface area contributed by atoms with Crippen LogP contribution >= 0.6 is 0 Å². The summed E-state index contributed by atoms with van der Waals surface area (Å²) < 4.78 is 18.2. The molecule has 0 bridgehead atoms. The summed E-state index contributed by atoms with van der Waals surface area (Å²) >= 11 is 0. The molecule has 0 amide bonds. The Morgan fingerprint density at radius 2 is 2.06 bits per heavy atom. The van der Waals surface area contributed by atoms with Crippen LogP contribution in [0.3, 0.4) is 0 Å². The molecule has 1 heterocycles. The van der Waals surface area contributed by atoms with Gasteiger partial charge in [0.25, 0.3) is 0 Å². The van der Waals surface area contributed by atoms with Crippen LogP contribution in [0.4, 0.5) is 4.39 Å². The molecule has 0 aliphatic rings. The van der Waals surface area contributed by atoms with Crippen molar-refractivity contribution in [3.63, 3.8) is 0 Å². The first kappa shape index (κ1) is 12.7. The lowest BCUT2D eigenvalue weighted by molar-refractivity contribution is 0.253. The predicted molar refractivity (Wildman–Crippen MR) is 66.1 cm³/mol. The second kappa shape index (κ2) is 4.49. The second-order valence-corrected chi connectivity index (χ2v) is 5.31. The number of nitrogens with zero attached hydrogens (tertiary/aromatic N) is 2. The Balaban J connectivity index is 2.31. The van der Waals surface area contributed by atoms with Crippen LogP contribution < -0.4 is 5.73 Å². The fourth-order valence-electron chi connectivity index (χ4n) is 1.48. The zero-order valence-electron chi connectivity index (χ0n) is 10.6. The highest BCUT2D eigenvalue weighted by Crippen LogP contribution is 2.30. The van der Waals surface area contributed by atoms with Gasteiger partial charge in [0.1, 0.15) is 5.82 Å². The first-order chi connectivity index (χ1) is 8.38. The minimum Gasteiger partial charge on any atom is -0.337 e. The van der Waals surface area contributed by atoms with E-state index in [1.165, 1.54) is 12.1 Å². The van der Waals surface area contributed by atoms with E-state index in [-0.39, 0.29) is 17.3 Å². The van der Waals surface area contributed by atoms with E-state index in [0.717, 1.165) is 0 Å². The Morgan fingerprint density at radius 3 is 2.67 bits per heavy atom. The molecule has 5 heteroatoms. The Kier molecular flexibility index (Phi) is 3.17. The van der Waals surface area contributed by atoms with Crippen molar-refractivity contribution in [1.29, 1.82) is 0 Å². The molecule has 96 valence electrons. The van der Waals surface area contributed by atoms with Crippen LogP contribution in [-0.2, 0) is 0 Å². The highest BCUT2D eigenvalue weighted by molar-refractivity contribution is 5.53. The number of hydrogen-bond acceptors (Lipinski definition) is 4. The summed E-state index contributed by atoms with van der Waals surface area (Å²) in [6, 6.07) is 5.69. The van der Waals surface area contributed by atoms with Crippen molar-refractivity contribution in [3.8, 4) is 11.4 Å². The third kappa shape index (κ3) is 2.56. The number of halogens is 1. The third-order valence-corrected chi connectivity index (χ3v) is 2.72. The molecule has 0 fully saturated rings. The van der Waals surface area contributed by atoms with E-state index < -0.39 is 0 Å². The van der Waals surface area contributed by atoms with Gasteiger partial charge in [-0.05, 0) is 17.5 Å². The topological polar surface area (TPSA) is 64.9 Å². The molecule has 2 rings (SSSR count). The van der Waals surface area contributed by atoms with Gasteiger partial charge in [-0.2, -0.15) is 4.98 Å². The van der Waals surface area contributed by atoms with Crippen molar-refractivity contribution in [3.05, 3.63) is 36.0 Å². The largest absolute Gasteiger partial charge is 0.337 e. The number of aromatic nitrogens is 2. The quantitative estimate of drug-likeness (QED) is 0.888. The first-order valence-corrected chi connectivity index (χ1v) is 5.73. The number of hydrogen-bond donors (Lipinski definition) is 1. The van der Waals surface area contributed by atoms with E-state index in [4.69, 9.17) is 10.3 Å². The van der Waals surface area contributed by atoms with E-state index in [0.29, 0.717) is 17.3 Å². The molecule has 18 heavy (non-hydrogen) atoms. The lowest BCUT2D eigenvalue weighted by Crippen LogP contribution is -2.26. The zero-order valence-corrected chi connectivity index (χ0v) is 10.6. The van der Waals surface area contributed by atoms with Gasteiger partial charge in [0.15, 0.2) is 0 Å². The molecule has 0 spiro atoms. The molecule has 0 radical (unpaired) electrons. The van der Waals surface area contributed by atoms with Crippen LogP contribution in [0.25, 0.3) is 11.4 Å². The summed E-state index contributed by atoms with van der Waals surface area (Å²) in [6.45, 7) is 5.97. The molecule has 1 aromatic carbocycles. The summed E-state index contributed by atoms with van der Waals surface area (Å²) in [6.07, 6.45) is 0. The minimum absolute atomic E-state index is 0.175. The van der Waals surface area contributed by atoms with Crippen LogP contribution in [0.2, 0.25) is 0 Å². The molecule has 4 nitrogen and oxygen atoms in total. The van der Waals surface area contributed by atoms with Crippen molar-refractivity contribution in [2.24, 2.45) is 11.1 Å². The molecule has 0 saturated carbocycles. The summed E-state index contributed by atoms with van der Waals surface area (Å²) in [7, 11) is 0. The normalized spacial score (nSPS) is 13.6. The van der Waals surface area contributed by atoms with Gasteiger partial charge < -0.3 is 10.3 Å². The van der Waals surface area contributed by atoms with Crippen LogP contribution in [0.5, 0.6) is 0 Å². The molecule has 2 N–H and O–H groups in total. The fraction of sp³-hybridized carbons (Fsp3) is 0.385. The van der Waals surface area contributed by atoms with Gasteiger partial charge in [0.2, 0.25) is 11.7 Å². The molecule has 0 aliphatic carbocycles. The summed E-state index contributed by atoms with van der Waals surface area (Å²) in [5.41, 5.74) is 6.42. The lowest BCUT2D eigenvalue weighted by Gasteiger charge is -2.23. The Hall–Kier alpha value is -1.75. The van der Waals surface area contributed by atoms with Crippen molar-refractivity contribution < 1.29 is 8.91 Å². The van der Waals surface area contributed by atoms with Crippen LogP contribution in [-0.4, -0.2) is 10.1 Å². The van der Waals surface area contributed by atoms with Gasteiger partial charge in [-0.25, -0.2) is 4.39 Å². The molecular weight excluding hydrogens is 233 g/mol.